The molecule has 0 bridgehead atoms. The van der Waals surface area contributed by atoms with Crippen molar-refractivity contribution in [3.05, 3.63) is 0 Å². The highest BCUT2D eigenvalue weighted by Crippen LogP contribution is 2.24. The van der Waals surface area contributed by atoms with E-state index in [0.29, 0.717) is 30.6 Å². The number of nitrogens with one attached hydrogen (secondary N) is 2. The van der Waals surface area contributed by atoms with E-state index in [0.717, 1.165) is 18.8 Å². The molecule has 1 aliphatic rings. The van der Waals surface area contributed by atoms with Gasteiger partial charge in [0, 0.05) is 6.04 Å². The minimum atomic E-state index is 0.292. The van der Waals surface area contributed by atoms with E-state index < -0.39 is 0 Å². The molecule has 20 heavy (non-hydrogen) atoms. The molecule has 0 aliphatic heterocycles. The number of nitrogens with zero attached hydrogens (tertiary/aromatic N) is 3. The van der Waals surface area contributed by atoms with Gasteiger partial charge < -0.3 is 10.1 Å². The fraction of sp³-hybridized carbons (Fsp3) is 0.769. The van der Waals surface area contributed by atoms with Gasteiger partial charge in [-0.2, -0.15) is 15.0 Å². The van der Waals surface area contributed by atoms with Gasteiger partial charge in [-0.25, -0.2) is 5.84 Å². The van der Waals surface area contributed by atoms with Gasteiger partial charge in [-0.1, -0.05) is 19.8 Å². The molecule has 1 saturated carbocycles. The number of nitrogen functional groups attached to an aromatic ring is 1. The largest absolute Gasteiger partial charge is 0.464 e. The van der Waals surface area contributed by atoms with Crippen LogP contribution in [0.25, 0.3) is 0 Å². The van der Waals surface area contributed by atoms with Gasteiger partial charge in [0.05, 0.1) is 6.61 Å². The lowest BCUT2D eigenvalue weighted by atomic mass is 10.0. The smallest absolute Gasteiger partial charge is 0.323 e. The summed E-state index contributed by atoms with van der Waals surface area (Å²) in [5.74, 6) is 7.02. The van der Waals surface area contributed by atoms with Gasteiger partial charge in [-0.05, 0) is 32.1 Å². The number of anilines is 2. The van der Waals surface area contributed by atoms with Crippen molar-refractivity contribution < 1.29 is 4.74 Å². The van der Waals surface area contributed by atoms with Crippen LogP contribution in [0.5, 0.6) is 6.01 Å². The second kappa shape index (κ2) is 7.23. The van der Waals surface area contributed by atoms with Gasteiger partial charge >= 0.3 is 6.01 Å². The Bertz CT molecular complexity index is 427. The van der Waals surface area contributed by atoms with E-state index in [1.165, 1.54) is 19.3 Å². The summed E-state index contributed by atoms with van der Waals surface area (Å²) in [6.45, 7) is 4.71. The molecule has 4 N–H and O–H groups in total. The third kappa shape index (κ3) is 4.19. The van der Waals surface area contributed by atoms with E-state index in [9.17, 15) is 0 Å². The minimum Gasteiger partial charge on any atom is -0.464 e. The van der Waals surface area contributed by atoms with E-state index in [2.05, 4.69) is 32.6 Å². The number of hydrazine groups is 1. The quantitative estimate of drug-likeness (QED) is 0.430. The maximum Gasteiger partial charge on any atom is 0.323 e. The average Bonchev–Trinajstić information content (AvgIpc) is 2.64. The van der Waals surface area contributed by atoms with Gasteiger partial charge in [-0.15, -0.1) is 0 Å². The summed E-state index contributed by atoms with van der Waals surface area (Å²) in [4.78, 5) is 12.5. The second-order valence-corrected chi connectivity index (χ2v) is 5.30. The van der Waals surface area contributed by atoms with Crippen molar-refractivity contribution in [1.82, 2.24) is 15.0 Å². The number of nitrogens with two attached hydrogens (primary N) is 1. The third-order valence-electron chi connectivity index (χ3n) is 3.61. The molecule has 2 atom stereocenters. The molecule has 7 nitrogen and oxygen atoms in total. The number of hydrogen-bond acceptors (Lipinski definition) is 7. The van der Waals surface area contributed by atoms with Crippen LogP contribution in [-0.4, -0.2) is 27.6 Å². The first-order valence-electron chi connectivity index (χ1n) is 7.33. The van der Waals surface area contributed by atoms with Gasteiger partial charge in [0.15, 0.2) is 0 Å². The predicted octanol–water partition coefficient (Wildman–Crippen LogP) is 1.94. The molecule has 112 valence electrons. The molecule has 1 aliphatic carbocycles. The van der Waals surface area contributed by atoms with Gasteiger partial charge in [0.2, 0.25) is 11.9 Å². The maximum absolute atomic E-state index is 5.37. The molecule has 0 radical (unpaired) electrons. The van der Waals surface area contributed by atoms with Crippen LogP contribution in [0.4, 0.5) is 11.9 Å². The molecule has 0 aromatic carbocycles. The van der Waals surface area contributed by atoms with E-state index in [4.69, 9.17) is 10.6 Å². The number of hydrogen-bond donors (Lipinski definition) is 3. The van der Waals surface area contributed by atoms with Crippen LogP contribution in [-0.2, 0) is 0 Å². The summed E-state index contributed by atoms with van der Waals surface area (Å²) < 4.78 is 5.32. The topological polar surface area (TPSA) is 98.0 Å². The number of aromatic nitrogens is 3. The Hall–Kier alpha value is -1.63. The molecule has 7 heteroatoms. The lowest BCUT2D eigenvalue weighted by Crippen LogP contribution is -2.22. The standard InChI is InChI=1S/C13H24N6O/c1-3-20-13-17-11(16-12(18-13)19-14)15-10-6-4-5-9(2)7-8-10/h9-10H,3-8,14H2,1-2H3,(H2,15,16,17,18,19). The van der Waals surface area contributed by atoms with E-state index in [-0.39, 0.29) is 0 Å². The van der Waals surface area contributed by atoms with Crippen molar-refractivity contribution in [2.45, 2.75) is 52.0 Å². The first-order chi connectivity index (χ1) is 9.71. The lowest BCUT2D eigenvalue weighted by Gasteiger charge is -2.17. The average molecular weight is 280 g/mol. The Morgan fingerprint density at radius 3 is 2.70 bits per heavy atom. The van der Waals surface area contributed by atoms with Crippen LogP contribution in [0.15, 0.2) is 0 Å². The summed E-state index contributed by atoms with van der Waals surface area (Å²) >= 11 is 0. The Morgan fingerprint density at radius 1 is 1.15 bits per heavy atom. The predicted molar refractivity (Wildman–Crippen MR) is 78.5 cm³/mol. The number of ether oxygens (including phenoxy) is 1. The van der Waals surface area contributed by atoms with Crippen LogP contribution in [0.1, 0.15) is 46.0 Å². The Kier molecular flexibility index (Phi) is 5.34. The lowest BCUT2D eigenvalue weighted by molar-refractivity contribution is 0.312. The zero-order chi connectivity index (χ0) is 14.4. The van der Waals surface area contributed by atoms with Crippen LogP contribution in [0.2, 0.25) is 0 Å². The first kappa shape index (κ1) is 14.8. The van der Waals surface area contributed by atoms with Crippen LogP contribution < -0.4 is 21.3 Å². The van der Waals surface area contributed by atoms with Gasteiger partial charge in [0.25, 0.3) is 0 Å². The molecule has 1 fully saturated rings. The maximum atomic E-state index is 5.37. The normalized spacial score (nSPS) is 22.9. The molecule has 1 aromatic heterocycles. The Balaban J connectivity index is 2.05. The van der Waals surface area contributed by atoms with E-state index in [1.807, 2.05) is 6.92 Å². The third-order valence-corrected chi connectivity index (χ3v) is 3.61. The van der Waals surface area contributed by atoms with Crippen molar-refractivity contribution in [3.8, 4) is 6.01 Å². The zero-order valence-corrected chi connectivity index (χ0v) is 12.2. The van der Waals surface area contributed by atoms with Gasteiger partial charge in [-0.3, -0.25) is 5.43 Å². The second-order valence-electron chi connectivity index (χ2n) is 5.30. The van der Waals surface area contributed by atoms with Crippen molar-refractivity contribution in [1.29, 1.82) is 0 Å². The minimum absolute atomic E-state index is 0.292. The molecular weight excluding hydrogens is 256 g/mol. The summed E-state index contributed by atoms with van der Waals surface area (Å²) in [5.41, 5.74) is 2.44. The first-order valence-corrected chi connectivity index (χ1v) is 7.33. The number of rotatable bonds is 5. The highest BCUT2D eigenvalue weighted by atomic mass is 16.5. The monoisotopic (exact) mass is 280 g/mol. The fourth-order valence-electron chi connectivity index (χ4n) is 2.49. The molecule has 0 saturated heterocycles. The molecule has 2 rings (SSSR count). The summed E-state index contributed by atoms with van der Waals surface area (Å²) in [7, 11) is 0. The summed E-state index contributed by atoms with van der Waals surface area (Å²) in [6.07, 6.45) is 6.07. The molecule has 0 spiro atoms. The molecule has 1 aromatic rings. The highest BCUT2D eigenvalue weighted by molar-refractivity contribution is 5.35. The van der Waals surface area contributed by atoms with Crippen LogP contribution in [0, 0.1) is 5.92 Å². The fourth-order valence-corrected chi connectivity index (χ4v) is 2.49. The van der Waals surface area contributed by atoms with Gasteiger partial charge in [0.1, 0.15) is 0 Å². The van der Waals surface area contributed by atoms with Crippen molar-refractivity contribution in [3.63, 3.8) is 0 Å². The zero-order valence-electron chi connectivity index (χ0n) is 12.2. The molecular formula is C13H24N6O. The Labute approximate surface area is 119 Å². The molecule has 1 heterocycles. The van der Waals surface area contributed by atoms with E-state index >= 15 is 0 Å². The van der Waals surface area contributed by atoms with Crippen molar-refractivity contribution in [2.75, 3.05) is 17.3 Å². The Morgan fingerprint density at radius 2 is 1.95 bits per heavy atom. The van der Waals surface area contributed by atoms with Crippen LogP contribution in [0.3, 0.4) is 0 Å². The van der Waals surface area contributed by atoms with Crippen LogP contribution >= 0.6 is 0 Å². The van der Waals surface area contributed by atoms with E-state index in [1.54, 1.807) is 0 Å². The highest BCUT2D eigenvalue weighted by Gasteiger charge is 2.17. The SMILES string of the molecule is CCOc1nc(NN)nc(NC2CCCC(C)CC2)n1. The molecule has 0 amide bonds. The summed E-state index contributed by atoms with van der Waals surface area (Å²) in [5, 5.41) is 3.38. The van der Waals surface area contributed by atoms with Crippen molar-refractivity contribution >= 4 is 11.9 Å². The van der Waals surface area contributed by atoms with Crippen molar-refractivity contribution in [2.24, 2.45) is 11.8 Å². The summed E-state index contributed by atoms with van der Waals surface area (Å²) in [6, 6.07) is 0.697. The molecule has 2 unspecified atom stereocenters.